The van der Waals surface area contributed by atoms with E-state index in [2.05, 4.69) is 0 Å². The molecule has 0 heterocycles. The van der Waals surface area contributed by atoms with E-state index in [-0.39, 0.29) is 11.3 Å². The molecule has 0 aliphatic heterocycles. The summed E-state index contributed by atoms with van der Waals surface area (Å²) in [5.41, 5.74) is 4.65. The number of benzene rings is 2. The zero-order valence-electron chi connectivity index (χ0n) is 16.2. The highest BCUT2D eigenvalue weighted by Gasteiger charge is 2.26. The highest BCUT2D eigenvalue weighted by Crippen LogP contribution is 2.44. The lowest BCUT2D eigenvalue weighted by Gasteiger charge is -2.08. The minimum Gasteiger partial charge on any atom is -0.481 e. The SMILES string of the molecule is CC(=O)Oc1ccc2c(c1)C(CC(=O)O)=C(C)C2=Cc1ccc(S(C)(=O)=O)cc1. The smallest absolute Gasteiger partial charge is 0.308 e. The summed E-state index contributed by atoms with van der Waals surface area (Å²) >= 11 is 0. The summed E-state index contributed by atoms with van der Waals surface area (Å²) < 4.78 is 28.4. The van der Waals surface area contributed by atoms with Crippen molar-refractivity contribution in [1.29, 1.82) is 0 Å². The fourth-order valence-corrected chi connectivity index (χ4v) is 3.98. The second-order valence-corrected chi connectivity index (χ2v) is 8.89. The molecule has 2 aromatic carbocycles. The van der Waals surface area contributed by atoms with Crippen LogP contribution in [0.25, 0.3) is 17.2 Å². The average molecular weight is 412 g/mol. The van der Waals surface area contributed by atoms with Crippen LogP contribution in [-0.2, 0) is 19.4 Å². The molecule has 0 radical (unpaired) electrons. The lowest BCUT2D eigenvalue weighted by molar-refractivity contribution is -0.136. The second kappa shape index (κ2) is 7.67. The minimum absolute atomic E-state index is 0.160. The van der Waals surface area contributed by atoms with Crippen LogP contribution >= 0.6 is 0 Å². The van der Waals surface area contributed by atoms with Gasteiger partial charge in [-0.25, -0.2) is 8.42 Å². The van der Waals surface area contributed by atoms with Crippen LogP contribution in [0, 0.1) is 0 Å². The number of aliphatic carboxylic acids is 1. The van der Waals surface area contributed by atoms with Gasteiger partial charge >= 0.3 is 11.9 Å². The molecule has 0 spiro atoms. The molecule has 6 nitrogen and oxygen atoms in total. The normalized spacial score (nSPS) is 14.8. The number of ether oxygens (including phenoxy) is 1. The van der Waals surface area contributed by atoms with E-state index in [1.165, 1.54) is 6.92 Å². The van der Waals surface area contributed by atoms with E-state index in [4.69, 9.17) is 4.74 Å². The summed E-state index contributed by atoms with van der Waals surface area (Å²) in [5.74, 6) is -1.06. The van der Waals surface area contributed by atoms with Gasteiger partial charge in [0.2, 0.25) is 0 Å². The summed E-state index contributed by atoms with van der Waals surface area (Å²) in [6, 6.07) is 11.6. The number of carboxylic acid groups (broad SMARTS) is 1. The Kier molecular flexibility index (Phi) is 5.44. The lowest BCUT2D eigenvalue weighted by atomic mass is 10.0. The van der Waals surface area contributed by atoms with Crippen molar-refractivity contribution in [3.05, 3.63) is 64.7 Å². The van der Waals surface area contributed by atoms with E-state index in [9.17, 15) is 23.1 Å². The predicted octanol–water partition coefficient (Wildman–Crippen LogP) is 3.82. The molecule has 7 heteroatoms. The summed E-state index contributed by atoms with van der Waals surface area (Å²) in [6.07, 6.45) is 2.88. The van der Waals surface area contributed by atoms with Gasteiger partial charge in [-0.1, -0.05) is 18.2 Å². The summed E-state index contributed by atoms with van der Waals surface area (Å²) in [5, 5.41) is 9.32. The van der Waals surface area contributed by atoms with Crippen molar-refractivity contribution < 1.29 is 27.9 Å². The van der Waals surface area contributed by atoms with Crippen molar-refractivity contribution in [2.75, 3.05) is 6.26 Å². The highest BCUT2D eigenvalue weighted by atomic mass is 32.2. The molecule has 0 unspecified atom stereocenters. The first-order valence-corrected chi connectivity index (χ1v) is 10.7. The van der Waals surface area contributed by atoms with Gasteiger partial charge < -0.3 is 9.84 Å². The molecular formula is C22H20O6S. The van der Waals surface area contributed by atoms with E-state index < -0.39 is 21.8 Å². The Balaban J connectivity index is 2.10. The van der Waals surface area contributed by atoms with Gasteiger partial charge in [0.15, 0.2) is 9.84 Å². The van der Waals surface area contributed by atoms with Gasteiger partial charge in [-0.2, -0.15) is 0 Å². The zero-order valence-corrected chi connectivity index (χ0v) is 17.0. The maximum absolute atomic E-state index is 11.6. The van der Waals surface area contributed by atoms with Crippen LogP contribution in [0.3, 0.4) is 0 Å². The lowest BCUT2D eigenvalue weighted by Crippen LogP contribution is -2.02. The van der Waals surface area contributed by atoms with Crippen LogP contribution in [-0.4, -0.2) is 31.7 Å². The third-order valence-corrected chi connectivity index (χ3v) is 5.80. The first-order chi connectivity index (χ1) is 13.6. The fourth-order valence-electron chi connectivity index (χ4n) is 3.35. The topological polar surface area (TPSA) is 97.7 Å². The van der Waals surface area contributed by atoms with Gasteiger partial charge in [-0.05, 0) is 70.7 Å². The number of hydrogen-bond donors (Lipinski definition) is 1. The van der Waals surface area contributed by atoms with Crippen LogP contribution in [0.2, 0.25) is 0 Å². The van der Waals surface area contributed by atoms with Crippen molar-refractivity contribution >= 4 is 39.0 Å². The molecule has 0 atom stereocenters. The number of fused-ring (bicyclic) bond motifs is 1. The highest BCUT2D eigenvalue weighted by molar-refractivity contribution is 7.90. The fraction of sp³-hybridized carbons (Fsp3) is 0.182. The molecule has 0 fully saturated rings. The standard InChI is InChI=1S/C22H20O6S/c1-13-19(10-15-4-7-17(8-5-15)29(3,26)27)18-9-6-16(28-14(2)23)11-21(18)20(13)12-22(24)25/h4-11H,12H2,1-3H3,(H,24,25). The van der Waals surface area contributed by atoms with Gasteiger partial charge in [-0.15, -0.1) is 0 Å². The van der Waals surface area contributed by atoms with Crippen molar-refractivity contribution in [1.82, 2.24) is 0 Å². The first kappa shape index (κ1) is 20.5. The number of carbonyl (C=O) groups excluding carboxylic acids is 1. The Morgan fingerprint density at radius 1 is 1.07 bits per heavy atom. The number of carboxylic acids is 1. The number of rotatable bonds is 5. The van der Waals surface area contributed by atoms with Crippen molar-refractivity contribution in [3.63, 3.8) is 0 Å². The van der Waals surface area contributed by atoms with Crippen LogP contribution in [0.15, 0.2) is 52.9 Å². The third kappa shape index (κ3) is 4.46. The van der Waals surface area contributed by atoms with Gasteiger partial charge in [0.1, 0.15) is 5.75 Å². The zero-order chi connectivity index (χ0) is 21.3. The molecule has 0 amide bonds. The summed E-state index contributed by atoms with van der Waals surface area (Å²) in [4.78, 5) is 22.9. The van der Waals surface area contributed by atoms with E-state index in [1.807, 2.05) is 13.0 Å². The Morgan fingerprint density at radius 2 is 1.72 bits per heavy atom. The molecule has 0 saturated heterocycles. The van der Waals surface area contributed by atoms with E-state index in [1.54, 1.807) is 42.5 Å². The monoisotopic (exact) mass is 412 g/mol. The van der Waals surface area contributed by atoms with Crippen molar-refractivity contribution in [3.8, 4) is 5.75 Å². The van der Waals surface area contributed by atoms with Gasteiger partial charge in [0, 0.05) is 13.2 Å². The molecule has 2 aromatic rings. The van der Waals surface area contributed by atoms with Crippen LogP contribution in [0.5, 0.6) is 5.75 Å². The van der Waals surface area contributed by atoms with Gasteiger partial charge in [-0.3, -0.25) is 9.59 Å². The molecule has 1 aliphatic carbocycles. The maximum atomic E-state index is 11.6. The molecule has 150 valence electrons. The summed E-state index contributed by atoms with van der Waals surface area (Å²) in [7, 11) is -3.28. The van der Waals surface area contributed by atoms with Crippen molar-refractivity contribution in [2.45, 2.75) is 25.2 Å². The Labute approximate surface area is 169 Å². The Morgan fingerprint density at radius 3 is 2.28 bits per heavy atom. The first-order valence-electron chi connectivity index (χ1n) is 8.83. The van der Waals surface area contributed by atoms with Crippen LogP contribution < -0.4 is 4.74 Å². The maximum Gasteiger partial charge on any atom is 0.308 e. The van der Waals surface area contributed by atoms with Crippen LogP contribution in [0.4, 0.5) is 0 Å². The second-order valence-electron chi connectivity index (χ2n) is 6.87. The number of sulfone groups is 1. The van der Waals surface area contributed by atoms with Crippen molar-refractivity contribution in [2.24, 2.45) is 0 Å². The Bertz CT molecular complexity index is 1170. The molecule has 1 N–H and O–H groups in total. The van der Waals surface area contributed by atoms with Crippen LogP contribution in [0.1, 0.15) is 37.0 Å². The van der Waals surface area contributed by atoms with E-state index >= 15 is 0 Å². The van der Waals surface area contributed by atoms with E-state index in [0.717, 1.165) is 28.5 Å². The molecule has 0 saturated carbocycles. The number of esters is 1. The number of carbonyl (C=O) groups is 2. The molecule has 29 heavy (non-hydrogen) atoms. The molecule has 0 bridgehead atoms. The predicted molar refractivity (Wildman–Crippen MR) is 110 cm³/mol. The van der Waals surface area contributed by atoms with Gasteiger partial charge in [0.25, 0.3) is 0 Å². The molecule has 3 rings (SSSR count). The quantitative estimate of drug-likeness (QED) is 0.592. The third-order valence-electron chi connectivity index (χ3n) is 4.67. The average Bonchev–Trinajstić information content (AvgIpc) is 2.86. The largest absolute Gasteiger partial charge is 0.481 e. The summed E-state index contributed by atoms with van der Waals surface area (Å²) in [6.45, 7) is 3.15. The number of hydrogen-bond acceptors (Lipinski definition) is 5. The number of allylic oxidation sites excluding steroid dienone is 2. The molecular weight excluding hydrogens is 392 g/mol. The molecule has 0 aromatic heterocycles. The van der Waals surface area contributed by atoms with Gasteiger partial charge in [0.05, 0.1) is 11.3 Å². The minimum atomic E-state index is -3.28. The molecule has 1 aliphatic rings. The van der Waals surface area contributed by atoms with E-state index in [0.29, 0.717) is 16.9 Å². The Hall–Kier alpha value is -3.19.